The molecule has 0 aliphatic carbocycles. The summed E-state index contributed by atoms with van der Waals surface area (Å²) in [5, 5.41) is 20.8. The van der Waals surface area contributed by atoms with E-state index in [0.717, 1.165) is 23.3 Å². The number of aromatic nitrogens is 2. The first-order chi connectivity index (χ1) is 23.1. The number of thioether (sulfide) groups is 1. The predicted octanol–water partition coefficient (Wildman–Crippen LogP) is 7.91. The number of nitrogens with zero attached hydrogens (tertiary/aromatic N) is 3. The molecule has 0 bridgehead atoms. The summed E-state index contributed by atoms with van der Waals surface area (Å²) in [6, 6.07) is 18.0. The Bertz CT molecular complexity index is 1850. The van der Waals surface area contributed by atoms with Crippen molar-refractivity contribution in [3.8, 4) is 17.2 Å². The third kappa shape index (κ3) is 7.07. The van der Waals surface area contributed by atoms with Crippen molar-refractivity contribution in [2.24, 2.45) is 5.92 Å². The first-order valence-electron chi connectivity index (χ1n) is 16.1. The summed E-state index contributed by atoms with van der Waals surface area (Å²) in [7, 11) is 0. The predicted molar refractivity (Wildman–Crippen MR) is 188 cm³/mol. The number of Topliss-reactive ketones (excluding diaryl/α,β-unsaturated/α-hetero) is 1. The lowest BCUT2D eigenvalue weighted by atomic mass is 9.94. The zero-order valence-corrected chi connectivity index (χ0v) is 29.3. The smallest absolute Gasteiger partial charge is 0.301 e. The molecule has 1 fully saturated rings. The van der Waals surface area contributed by atoms with Gasteiger partial charge in [0.1, 0.15) is 17.6 Å². The Balaban J connectivity index is 1.40. The van der Waals surface area contributed by atoms with E-state index in [1.807, 2.05) is 26.8 Å². The summed E-state index contributed by atoms with van der Waals surface area (Å²) in [5.41, 5.74) is 4.21. The molecule has 0 saturated carbocycles. The van der Waals surface area contributed by atoms with Gasteiger partial charge in [0.05, 0.1) is 24.8 Å². The SMILES string of the molecule is CCOc1cc([C@@H]2C(=C(O)c3ccc4c(c3)C[C@H](C)O4)C(=O)C(=O)N2c2nnc(SCc3ccc(C)cc3)s2)ccc1OCCC(C)C. The molecule has 48 heavy (non-hydrogen) atoms. The molecule has 3 aromatic carbocycles. The molecule has 2 atom stereocenters. The molecule has 0 unspecified atom stereocenters. The molecular formula is C37H39N3O6S2. The van der Waals surface area contributed by atoms with E-state index < -0.39 is 17.7 Å². The number of fused-ring (bicyclic) bond motifs is 1. The zero-order chi connectivity index (χ0) is 33.9. The van der Waals surface area contributed by atoms with Gasteiger partial charge in [-0.25, -0.2) is 0 Å². The van der Waals surface area contributed by atoms with Crippen LogP contribution in [-0.2, 0) is 21.8 Å². The molecule has 1 saturated heterocycles. The third-order valence-electron chi connectivity index (χ3n) is 8.23. The number of aliphatic hydroxyl groups excluding tert-OH is 1. The van der Waals surface area contributed by atoms with Gasteiger partial charge in [-0.15, -0.1) is 10.2 Å². The molecule has 1 N–H and O–H groups in total. The summed E-state index contributed by atoms with van der Waals surface area (Å²) < 4.78 is 18.6. The number of carbonyl (C=O) groups excluding carboxylic acids is 2. The van der Waals surface area contributed by atoms with Gasteiger partial charge in [0, 0.05) is 17.7 Å². The number of hydrogen-bond donors (Lipinski definition) is 1. The fraction of sp³-hybridized carbons (Fsp3) is 0.351. The first-order valence-corrected chi connectivity index (χ1v) is 18.0. The van der Waals surface area contributed by atoms with E-state index in [4.69, 9.17) is 14.2 Å². The maximum absolute atomic E-state index is 13.9. The number of carbonyl (C=O) groups is 2. The standard InChI is InChI=1S/C37H39N3O6S2/c1-6-44-30-19-25(11-14-29(30)45-16-15-21(2)3)32-31(33(41)26-12-13-28-27(18-26)17-23(5)46-28)34(42)35(43)40(32)36-38-39-37(48-36)47-20-24-9-7-22(4)8-10-24/h7-14,18-19,21,23,32,41H,6,15-17,20H2,1-5H3/t23-,32+/m0/s1. The van der Waals surface area contributed by atoms with E-state index in [0.29, 0.717) is 58.3 Å². The number of hydrogen-bond acceptors (Lipinski definition) is 10. The van der Waals surface area contributed by atoms with E-state index in [1.54, 1.807) is 30.3 Å². The van der Waals surface area contributed by atoms with E-state index in [2.05, 4.69) is 48.3 Å². The molecular weight excluding hydrogens is 647 g/mol. The molecule has 1 amide bonds. The molecule has 2 aliphatic heterocycles. The number of aryl methyl sites for hydroxylation is 1. The highest BCUT2D eigenvalue weighted by atomic mass is 32.2. The minimum absolute atomic E-state index is 0.0108. The van der Waals surface area contributed by atoms with Crippen LogP contribution in [0.25, 0.3) is 5.76 Å². The fourth-order valence-electron chi connectivity index (χ4n) is 5.74. The third-order valence-corrected chi connectivity index (χ3v) is 10.4. The van der Waals surface area contributed by atoms with Crippen molar-refractivity contribution in [1.82, 2.24) is 10.2 Å². The van der Waals surface area contributed by atoms with Crippen molar-refractivity contribution in [1.29, 1.82) is 0 Å². The summed E-state index contributed by atoms with van der Waals surface area (Å²) >= 11 is 2.74. The number of amides is 1. The monoisotopic (exact) mass is 685 g/mol. The number of ether oxygens (including phenoxy) is 3. The van der Waals surface area contributed by atoms with E-state index in [-0.39, 0.29) is 22.6 Å². The highest BCUT2D eigenvalue weighted by molar-refractivity contribution is 8.00. The Kier molecular flexibility index (Phi) is 10.1. The zero-order valence-electron chi connectivity index (χ0n) is 27.7. The lowest BCUT2D eigenvalue weighted by Gasteiger charge is -2.24. The second-order valence-electron chi connectivity index (χ2n) is 12.4. The molecule has 0 spiro atoms. The average Bonchev–Trinajstić information content (AvgIpc) is 3.75. The first kappa shape index (κ1) is 33.5. The topological polar surface area (TPSA) is 111 Å². The fourth-order valence-corrected chi connectivity index (χ4v) is 7.57. The minimum Gasteiger partial charge on any atom is -0.507 e. The Hall–Kier alpha value is -4.35. The number of ketones is 1. The normalized spacial score (nSPS) is 18.3. The van der Waals surface area contributed by atoms with Gasteiger partial charge in [-0.1, -0.05) is 72.8 Å². The molecule has 3 heterocycles. The molecule has 250 valence electrons. The summed E-state index contributed by atoms with van der Waals surface area (Å²) in [4.78, 5) is 29.1. The van der Waals surface area contributed by atoms with Crippen LogP contribution in [0.2, 0.25) is 0 Å². The Morgan fingerprint density at radius 3 is 2.60 bits per heavy atom. The highest BCUT2D eigenvalue weighted by Gasteiger charge is 2.48. The van der Waals surface area contributed by atoms with Crippen LogP contribution in [0.15, 0.2) is 70.6 Å². The van der Waals surface area contributed by atoms with Crippen LogP contribution in [-0.4, -0.2) is 46.3 Å². The molecule has 0 radical (unpaired) electrons. The maximum atomic E-state index is 13.9. The van der Waals surface area contributed by atoms with Crippen LogP contribution in [0.5, 0.6) is 17.2 Å². The Morgan fingerprint density at radius 1 is 1.06 bits per heavy atom. The molecule has 1 aromatic heterocycles. The van der Waals surface area contributed by atoms with Crippen molar-refractivity contribution >= 4 is 45.7 Å². The minimum atomic E-state index is -0.986. The van der Waals surface area contributed by atoms with Crippen LogP contribution in [0.3, 0.4) is 0 Å². The lowest BCUT2D eigenvalue weighted by molar-refractivity contribution is -0.132. The molecule has 9 nitrogen and oxygen atoms in total. The van der Waals surface area contributed by atoms with Gasteiger partial charge < -0.3 is 19.3 Å². The number of benzene rings is 3. The molecule has 6 rings (SSSR count). The molecule has 4 aromatic rings. The number of rotatable bonds is 12. The maximum Gasteiger partial charge on any atom is 0.301 e. The highest BCUT2D eigenvalue weighted by Crippen LogP contribution is 2.46. The van der Waals surface area contributed by atoms with Crippen LogP contribution < -0.4 is 19.1 Å². The van der Waals surface area contributed by atoms with E-state index in [1.165, 1.54) is 33.6 Å². The average molecular weight is 686 g/mol. The Morgan fingerprint density at radius 2 is 1.85 bits per heavy atom. The number of anilines is 1. The van der Waals surface area contributed by atoms with E-state index in [9.17, 15) is 14.7 Å². The molecule has 11 heteroatoms. The second-order valence-corrected chi connectivity index (χ2v) is 14.6. The summed E-state index contributed by atoms with van der Waals surface area (Å²) in [6.07, 6.45) is 1.56. The van der Waals surface area contributed by atoms with Gasteiger partial charge in [0.15, 0.2) is 15.8 Å². The van der Waals surface area contributed by atoms with Gasteiger partial charge >= 0.3 is 5.91 Å². The van der Waals surface area contributed by atoms with Gasteiger partial charge in [-0.05, 0) is 80.1 Å². The summed E-state index contributed by atoms with van der Waals surface area (Å²) in [6.45, 7) is 11.1. The van der Waals surface area contributed by atoms with Crippen molar-refractivity contribution < 1.29 is 28.9 Å². The van der Waals surface area contributed by atoms with Crippen LogP contribution in [0.4, 0.5) is 5.13 Å². The van der Waals surface area contributed by atoms with Gasteiger partial charge in [-0.2, -0.15) is 0 Å². The van der Waals surface area contributed by atoms with Crippen LogP contribution >= 0.6 is 23.1 Å². The second kappa shape index (κ2) is 14.4. The van der Waals surface area contributed by atoms with Crippen molar-refractivity contribution in [3.05, 3.63) is 94.1 Å². The van der Waals surface area contributed by atoms with Crippen LogP contribution in [0, 0.1) is 12.8 Å². The van der Waals surface area contributed by atoms with Crippen molar-refractivity contribution in [3.63, 3.8) is 0 Å². The van der Waals surface area contributed by atoms with Gasteiger partial charge in [0.2, 0.25) is 5.13 Å². The number of aliphatic hydroxyl groups is 1. The lowest BCUT2D eigenvalue weighted by Crippen LogP contribution is -2.29. The Labute approximate surface area is 288 Å². The van der Waals surface area contributed by atoms with E-state index >= 15 is 0 Å². The quantitative estimate of drug-likeness (QED) is 0.0523. The summed E-state index contributed by atoms with van der Waals surface area (Å²) in [5.74, 6) is 1.08. The van der Waals surface area contributed by atoms with Crippen LogP contribution in [0.1, 0.15) is 68.0 Å². The van der Waals surface area contributed by atoms with Gasteiger partial charge in [0.25, 0.3) is 5.78 Å². The molecule has 2 aliphatic rings. The van der Waals surface area contributed by atoms with Gasteiger partial charge in [-0.3, -0.25) is 14.5 Å². The van der Waals surface area contributed by atoms with Crippen molar-refractivity contribution in [2.75, 3.05) is 18.1 Å². The largest absolute Gasteiger partial charge is 0.507 e. The van der Waals surface area contributed by atoms with Crippen molar-refractivity contribution in [2.45, 2.75) is 69.7 Å².